The molecule has 0 saturated heterocycles. The molecule has 0 bridgehead atoms. The summed E-state index contributed by atoms with van der Waals surface area (Å²) in [5, 5.41) is 0. The van der Waals surface area contributed by atoms with Gasteiger partial charge in [0.15, 0.2) is 6.10 Å². The van der Waals surface area contributed by atoms with E-state index in [4.69, 9.17) is 14.2 Å². The van der Waals surface area contributed by atoms with Crippen LogP contribution in [-0.4, -0.2) is 37.2 Å². The number of esters is 3. The molecule has 0 aromatic carbocycles. The van der Waals surface area contributed by atoms with Gasteiger partial charge in [-0.2, -0.15) is 0 Å². The molecule has 0 fully saturated rings. The molecule has 0 aliphatic heterocycles. The van der Waals surface area contributed by atoms with Crippen LogP contribution in [0.4, 0.5) is 0 Å². The van der Waals surface area contributed by atoms with Crippen LogP contribution in [0.5, 0.6) is 0 Å². The lowest BCUT2D eigenvalue weighted by Gasteiger charge is -2.18. The summed E-state index contributed by atoms with van der Waals surface area (Å²) in [6.45, 7) is 6.51. The van der Waals surface area contributed by atoms with Crippen LogP contribution in [0.1, 0.15) is 316 Å². The van der Waals surface area contributed by atoms with Gasteiger partial charge in [-0.15, -0.1) is 0 Å². The Bertz CT molecular complexity index is 1130. The second kappa shape index (κ2) is 56.2. The third-order valence-corrected chi connectivity index (χ3v) is 13.2. The fourth-order valence-corrected chi connectivity index (χ4v) is 8.75. The Morgan fingerprint density at radius 2 is 0.582 bits per heavy atom. The quantitative estimate of drug-likeness (QED) is 0.0262. The first-order chi connectivity index (χ1) is 33.0. The summed E-state index contributed by atoms with van der Waals surface area (Å²) in [5.41, 5.74) is 0. The van der Waals surface area contributed by atoms with E-state index in [9.17, 15) is 14.4 Å². The molecule has 6 heteroatoms. The number of allylic oxidation sites excluding steroid dienone is 6. The summed E-state index contributed by atoms with van der Waals surface area (Å²) in [6.07, 6.45) is 67.5. The van der Waals surface area contributed by atoms with Crippen molar-refractivity contribution in [1.29, 1.82) is 0 Å². The molecule has 0 aliphatic carbocycles. The number of ether oxygens (including phenoxy) is 3. The van der Waals surface area contributed by atoms with Crippen LogP contribution < -0.4 is 0 Å². The molecule has 0 aromatic rings. The highest BCUT2D eigenvalue weighted by molar-refractivity contribution is 5.71. The first kappa shape index (κ1) is 64.6. The smallest absolute Gasteiger partial charge is 0.306 e. The van der Waals surface area contributed by atoms with Gasteiger partial charge in [0.2, 0.25) is 0 Å². The molecule has 0 aromatic heterocycles. The van der Waals surface area contributed by atoms with Gasteiger partial charge in [0.05, 0.1) is 0 Å². The summed E-state index contributed by atoms with van der Waals surface area (Å²) >= 11 is 0. The number of hydrogen-bond acceptors (Lipinski definition) is 6. The van der Waals surface area contributed by atoms with Gasteiger partial charge in [-0.05, 0) is 51.4 Å². The molecule has 0 spiro atoms. The summed E-state index contributed by atoms with van der Waals surface area (Å²) in [4.78, 5) is 37.9. The van der Waals surface area contributed by atoms with Crippen LogP contribution in [0, 0.1) is 0 Å². The molecule has 0 radical (unpaired) electrons. The van der Waals surface area contributed by atoms with Crippen molar-refractivity contribution in [2.45, 2.75) is 322 Å². The van der Waals surface area contributed by atoms with Crippen molar-refractivity contribution in [2.75, 3.05) is 13.2 Å². The van der Waals surface area contributed by atoms with Gasteiger partial charge < -0.3 is 14.2 Å². The zero-order chi connectivity index (χ0) is 48.6. The van der Waals surface area contributed by atoms with E-state index >= 15 is 0 Å². The number of carbonyl (C=O) groups is 3. The summed E-state index contributed by atoms with van der Waals surface area (Å²) in [7, 11) is 0. The summed E-state index contributed by atoms with van der Waals surface area (Å²) in [5.74, 6) is -0.884. The van der Waals surface area contributed by atoms with Crippen molar-refractivity contribution in [2.24, 2.45) is 0 Å². The molecule has 0 heterocycles. The minimum Gasteiger partial charge on any atom is -0.462 e. The minimum atomic E-state index is -0.775. The Hall–Kier alpha value is -2.37. The summed E-state index contributed by atoms with van der Waals surface area (Å²) < 4.78 is 16.8. The fraction of sp³-hybridized carbons (Fsp3) is 0.852. The zero-order valence-corrected chi connectivity index (χ0v) is 44.9. The topological polar surface area (TPSA) is 78.9 Å². The first-order valence-corrected chi connectivity index (χ1v) is 29.5. The third-order valence-electron chi connectivity index (χ3n) is 13.2. The van der Waals surface area contributed by atoms with Crippen LogP contribution in [0.15, 0.2) is 36.5 Å². The minimum absolute atomic E-state index is 0.0754. The predicted molar refractivity (Wildman–Crippen MR) is 289 cm³/mol. The number of carbonyl (C=O) groups excluding carboxylic acids is 3. The predicted octanol–water partition coefficient (Wildman–Crippen LogP) is 19.7. The molecule has 6 nitrogen and oxygen atoms in total. The summed E-state index contributed by atoms with van der Waals surface area (Å²) in [6, 6.07) is 0. The van der Waals surface area contributed by atoms with E-state index in [2.05, 4.69) is 57.2 Å². The van der Waals surface area contributed by atoms with Crippen LogP contribution in [0.25, 0.3) is 0 Å². The van der Waals surface area contributed by atoms with Gasteiger partial charge in [-0.1, -0.05) is 282 Å². The Labute approximate surface area is 416 Å². The normalized spacial score (nSPS) is 12.2. The number of rotatable bonds is 54. The second-order valence-electron chi connectivity index (χ2n) is 19.9. The lowest BCUT2D eigenvalue weighted by atomic mass is 10.0. The standard InChI is InChI=1S/C61H112O6/c1-4-7-10-13-16-18-20-22-24-25-26-27-28-29-30-31-32-33-34-35-37-38-40-42-45-48-51-54-60(63)66-57-58(56-65-59(62)53-50-47-44-15-12-9-6-3)67-61(64)55-52-49-46-43-41-39-36-23-21-19-17-14-11-8-5-2/h8,11,17,19,23,36,58H,4-7,9-10,12-16,18,20-22,24-35,37-57H2,1-3H3/b11-8-,19-17-,36-23-. The van der Waals surface area contributed by atoms with Crippen molar-refractivity contribution in [3.05, 3.63) is 36.5 Å². The second-order valence-corrected chi connectivity index (χ2v) is 19.9. The monoisotopic (exact) mass is 941 g/mol. The molecule has 392 valence electrons. The van der Waals surface area contributed by atoms with Crippen molar-refractivity contribution < 1.29 is 28.6 Å². The molecule has 1 unspecified atom stereocenters. The van der Waals surface area contributed by atoms with Crippen LogP contribution >= 0.6 is 0 Å². The van der Waals surface area contributed by atoms with Gasteiger partial charge in [0, 0.05) is 19.3 Å². The Kier molecular flexibility index (Phi) is 54.2. The SMILES string of the molecule is CC/C=C\C/C=C\C/C=C\CCCCCCCC(=O)OC(COC(=O)CCCCCCCCC)COC(=O)CCCCCCCCCCCCCCCCCCCCCCCCCCCCC. The van der Waals surface area contributed by atoms with E-state index in [0.29, 0.717) is 19.3 Å². The molecule has 0 aliphatic rings. The lowest BCUT2D eigenvalue weighted by Crippen LogP contribution is -2.30. The Balaban J connectivity index is 4.05. The largest absolute Gasteiger partial charge is 0.462 e. The Morgan fingerprint density at radius 3 is 0.910 bits per heavy atom. The highest BCUT2D eigenvalue weighted by atomic mass is 16.6. The van der Waals surface area contributed by atoms with Crippen LogP contribution in [0.2, 0.25) is 0 Å². The maximum absolute atomic E-state index is 12.8. The Morgan fingerprint density at radius 1 is 0.313 bits per heavy atom. The van der Waals surface area contributed by atoms with Gasteiger partial charge in [-0.3, -0.25) is 14.4 Å². The van der Waals surface area contributed by atoms with Gasteiger partial charge in [0.1, 0.15) is 13.2 Å². The molecule has 0 amide bonds. The molecule has 67 heavy (non-hydrogen) atoms. The molecule has 0 rings (SSSR count). The average Bonchev–Trinajstić information content (AvgIpc) is 3.33. The number of unbranched alkanes of at least 4 members (excludes halogenated alkanes) is 37. The molecular formula is C61H112O6. The van der Waals surface area contributed by atoms with E-state index in [-0.39, 0.29) is 31.1 Å². The maximum atomic E-state index is 12.8. The highest BCUT2D eigenvalue weighted by Crippen LogP contribution is 2.17. The van der Waals surface area contributed by atoms with E-state index in [1.165, 1.54) is 180 Å². The van der Waals surface area contributed by atoms with Crippen LogP contribution in [0.3, 0.4) is 0 Å². The molecular weight excluding hydrogens is 829 g/mol. The van der Waals surface area contributed by atoms with E-state index in [1.807, 2.05) is 0 Å². The van der Waals surface area contributed by atoms with Gasteiger partial charge >= 0.3 is 17.9 Å². The fourth-order valence-electron chi connectivity index (χ4n) is 8.75. The molecule has 0 saturated carbocycles. The van der Waals surface area contributed by atoms with Crippen molar-refractivity contribution >= 4 is 17.9 Å². The van der Waals surface area contributed by atoms with E-state index in [1.54, 1.807) is 0 Å². The average molecular weight is 942 g/mol. The number of hydrogen-bond donors (Lipinski definition) is 0. The lowest BCUT2D eigenvalue weighted by molar-refractivity contribution is -0.167. The molecule has 0 N–H and O–H groups in total. The first-order valence-electron chi connectivity index (χ1n) is 29.5. The van der Waals surface area contributed by atoms with Crippen molar-refractivity contribution in [3.8, 4) is 0 Å². The highest BCUT2D eigenvalue weighted by Gasteiger charge is 2.19. The van der Waals surface area contributed by atoms with E-state index < -0.39 is 6.10 Å². The maximum Gasteiger partial charge on any atom is 0.306 e. The van der Waals surface area contributed by atoms with Gasteiger partial charge in [-0.25, -0.2) is 0 Å². The third kappa shape index (κ3) is 54.4. The van der Waals surface area contributed by atoms with Crippen LogP contribution in [-0.2, 0) is 28.6 Å². The van der Waals surface area contributed by atoms with Crippen molar-refractivity contribution in [3.63, 3.8) is 0 Å². The van der Waals surface area contributed by atoms with E-state index in [0.717, 1.165) is 96.3 Å². The zero-order valence-electron chi connectivity index (χ0n) is 44.9. The van der Waals surface area contributed by atoms with Crippen molar-refractivity contribution in [1.82, 2.24) is 0 Å². The molecule has 1 atom stereocenters. The van der Waals surface area contributed by atoms with Gasteiger partial charge in [0.25, 0.3) is 0 Å².